The number of aliphatic hydroxyl groups is 3. The summed E-state index contributed by atoms with van der Waals surface area (Å²) in [7, 11) is 0. The molecular weight excluding hydrogens is 392 g/mol. The van der Waals surface area contributed by atoms with E-state index >= 15 is 0 Å². The van der Waals surface area contributed by atoms with Gasteiger partial charge in [0.2, 0.25) is 0 Å². The van der Waals surface area contributed by atoms with E-state index < -0.39 is 61.2 Å². The molecule has 0 spiro atoms. The van der Waals surface area contributed by atoms with Crippen molar-refractivity contribution in [3.05, 3.63) is 0 Å². The van der Waals surface area contributed by atoms with Gasteiger partial charge < -0.3 is 34.3 Å². The van der Waals surface area contributed by atoms with Crippen molar-refractivity contribution in [2.24, 2.45) is 5.41 Å². The van der Waals surface area contributed by atoms with Crippen LogP contribution in [0, 0.1) is 5.41 Å². The Morgan fingerprint density at radius 1 is 0.690 bits per heavy atom. The second-order valence-electron chi connectivity index (χ2n) is 7.10. The van der Waals surface area contributed by atoms with Gasteiger partial charge in [0.25, 0.3) is 0 Å². The summed E-state index contributed by atoms with van der Waals surface area (Å²) in [5.74, 6) is -6.27. The Kier molecular flexibility index (Phi) is 7.94. The molecule has 0 aromatic rings. The Morgan fingerprint density at radius 2 is 1.03 bits per heavy atom. The lowest BCUT2D eigenvalue weighted by atomic mass is 9.80. The first-order chi connectivity index (χ1) is 13.8. The molecule has 2 aliphatic heterocycles. The van der Waals surface area contributed by atoms with Crippen molar-refractivity contribution in [3.63, 3.8) is 0 Å². The number of carbonyl (C=O) groups is 4. The summed E-state index contributed by atoms with van der Waals surface area (Å²) in [4.78, 5) is 49.2. The maximum atomic E-state index is 12.4. The third-order valence-corrected chi connectivity index (χ3v) is 4.99. The van der Waals surface area contributed by atoms with Crippen LogP contribution in [0.1, 0.15) is 51.4 Å². The molecule has 0 radical (unpaired) electrons. The molecular formula is C18H26O11. The highest BCUT2D eigenvalue weighted by atomic mass is 16.8. The first kappa shape index (κ1) is 23.0. The Labute approximate surface area is 166 Å². The zero-order valence-corrected chi connectivity index (χ0v) is 16.0. The average molecular weight is 418 g/mol. The minimum atomic E-state index is -2.78. The molecule has 2 aliphatic rings. The molecule has 0 aromatic heterocycles. The van der Waals surface area contributed by atoms with Crippen molar-refractivity contribution < 1.29 is 53.4 Å². The highest BCUT2D eigenvalue weighted by Gasteiger charge is 2.66. The van der Waals surface area contributed by atoms with Crippen LogP contribution in [-0.2, 0) is 38.1 Å². The van der Waals surface area contributed by atoms with Gasteiger partial charge in [-0.15, -0.1) is 0 Å². The maximum absolute atomic E-state index is 12.4. The standard InChI is InChI=1S/C18H26O11/c19-9-17(10-20,11-21)18(28-14(24)7-3-4-8-15(25)29-18)16-26-12(22)5-1-2-6-13(23)27-16/h16,19-21H,1-11H2. The molecule has 0 aromatic carbocycles. The molecule has 0 atom stereocenters. The number of hydrogen-bond donors (Lipinski definition) is 3. The van der Waals surface area contributed by atoms with Crippen LogP contribution < -0.4 is 0 Å². The van der Waals surface area contributed by atoms with Crippen molar-refractivity contribution in [3.8, 4) is 0 Å². The van der Waals surface area contributed by atoms with Gasteiger partial charge in [0.1, 0.15) is 5.41 Å². The van der Waals surface area contributed by atoms with E-state index in [1.807, 2.05) is 0 Å². The van der Waals surface area contributed by atoms with Crippen molar-refractivity contribution in [1.82, 2.24) is 0 Å². The van der Waals surface area contributed by atoms with Crippen LogP contribution in [-0.4, -0.2) is 71.1 Å². The summed E-state index contributed by atoms with van der Waals surface area (Å²) in [6.45, 7) is -3.15. The predicted molar refractivity (Wildman–Crippen MR) is 91.5 cm³/mol. The molecule has 0 bridgehead atoms. The maximum Gasteiger partial charge on any atom is 0.343 e. The van der Waals surface area contributed by atoms with E-state index in [1.165, 1.54) is 0 Å². The average Bonchev–Trinajstić information content (AvgIpc) is 2.82. The number of ether oxygens (including phenoxy) is 4. The molecule has 2 fully saturated rings. The second-order valence-corrected chi connectivity index (χ2v) is 7.10. The number of hydrogen-bond acceptors (Lipinski definition) is 11. The lowest BCUT2D eigenvalue weighted by molar-refractivity contribution is -0.364. The number of esters is 4. The number of rotatable bonds is 5. The molecule has 164 valence electrons. The molecule has 0 amide bonds. The topological polar surface area (TPSA) is 166 Å². The van der Waals surface area contributed by atoms with E-state index in [4.69, 9.17) is 18.9 Å². The van der Waals surface area contributed by atoms with E-state index in [0.29, 0.717) is 25.7 Å². The van der Waals surface area contributed by atoms with Gasteiger partial charge in [0.05, 0.1) is 19.8 Å². The Balaban J connectivity index is 2.64. The zero-order valence-electron chi connectivity index (χ0n) is 16.0. The minimum Gasteiger partial charge on any atom is -0.417 e. The van der Waals surface area contributed by atoms with E-state index in [-0.39, 0.29) is 25.7 Å². The monoisotopic (exact) mass is 418 g/mol. The fraction of sp³-hybridized carbons (Fsp3) is 0.778. The summed E-state index contributed by atoms with van der Waals surface area (Å²) in [6, 6.07) is 0. The number of carbonyl (C=O) groups excluding carboxylic acids is 4. The summed E-state index contributed by atoms with van der Waals surface area (Å²) in [5.41, 5.74) is -2.23. The van der Waals surface area contributed by atoms with Gasteiger partial charge in [0.15, 0.2) is 0 Å². The quantitative estimate of drug-likeness (QED) is 0.483. The fourth-order valence-electron chi connectivity index (χ4n) is 3.12. The molecule has 0 unspecified atom stereocenters. The third-order valence-electron chi connectivity index (χ3n) is 4.99. The summed E-state index contributed by atoms with van der Waals surface area (Å²) >= 11 is 0. The molecule has 2 rings (SSSR count). The van der Waals surface area contributed by atoms with Gasteiger partial charge in [-0.1, -0.05) is 0 Å². The molecule has 11 nitrogen and oxygen atoms in total. The van der Waals surface area contributed by atoms with Crippen molar-refractivity contribution in [2.45, 2.75) is 63.4 Å². The normalized spacial score (nSPS) is 22.4. The summed E-state index contributed by atoms with van der Waals surface area (Å²) in [5, 5.41) is 29.9. The van der Waals surface area contributed by atoms with Gasteiger partial charge in [-0.3, -0.25) is 19.2 Å². The summed E-state index contributed by atoms with van der Waals surface area (Å²) in [6.07, 6.45) is -1.35. The minimum absolute atomic E-state index is 0.0878. The highest BCUT2D eigenvalue weighted by molar-refractivity contribution is 5.75. The SMILES string of the molecule is O=C1CCCCC(=O)OC(C2(C(CO)(CO)CO)OC(=O)CCCCC(=O)O2)O1. The lowest BCUT2D eigenvalue weighted by Crippen LogP contribution is -2.67. The molecule has 2 heterocycles. The van der Waals surface area contributed by atoms with Crippen molar-refractivity contribution >= 4 is 23.9 Å². The number of cyclic esters (lactones) is 4. The largest absolute Gasteiger partial charge is 0.417 e. The lowest BCUT2D eigenvalue weighted by Gasteiger charge is -2.47. The van der Waals surface area contributed by atoms with Crippen LogP contribution in [0.3, 0.4) is 0 Å². The van der Waals surface area contributed by atoms with E-state index in [2.05, 4.69) is 0 Å². The van der Waals surface area contributed by atoms with Gasteiger partial charge >= 0.3 is 36.0 Å². The van der Waals surface area contributed by atoms with E-state index in [9.17, 15) is 34.5 Å². The van der Waals surface area contributed by atoms with Crippen LogP contribution in [0.4, 0.5) is 0 Å². The van der Waals surface area contributed by atoms with Crippen LogP contribution in [0.2, 0.25) is 0 Å². The molecule has 3 N–H and O–H groups in total. The zero-order chi connectivity index (χ0) is 21.5. The number of aliphatic hydroxyl groups excluding tert-OH is 3. The van der Waals surface area contributed by atoms with Gasteiger partial charge in [-0.2, -0.15) is 0 Å². The molecule has 2 saturated heterocycles. The Hall–Kier alpha value is -2.24. The Morgan fingerprint density at radius 3 is 1.38 bits per heavy atom. The molecule has 0 aliphatic carbocycles. The van der Waals surface area contributed by atoms with E-state index in [1.54, 1.807) is 0 Å². The second kappa shape index (κ2) is 9.99. The molecule has 0 saturated carbocycles. The highest BCUT2D eigenvalue weighted by Crippen LogP contribution is 2.42. The van der Waals surface area contributed by atoms with Crippen LogP contribution in [0.25, 0.3) is 0 Å². The fourth-order valence-corrected chi connectivity index (χ4v) is 3.12. The molecule has 29 heavy (non-hydrogen) atoms. The van der Waals surface area contributed by atoms with Crippen molar-refractivity contribution in [2.75, 3.05) is 19.8 Å². The molecule has 11 heteroatoms. The van der Waals surface area contributed by atoms with Gasteiger partial charge in [-0.05, 0) is 25.7 Å². The van der Waals surface area contributed by atoms with Crippen LogP contribution >= 0.6 is 0 Å². The van der Waals surface area contributed by atoms with Crippen LogP contribution in [0.5, 0.6) is 0 Å². The van der Waals surface area contributed by atoms with Gasteiger partial charge in [-0.25, -0.2) is 0 Å². The summed E-state index contributed by atoms with van der Waals surface area (Å²) < 4.78 is 21.0. The predicted octanol–water partition coefficient (Wildman–Crippen LogP) is -0.707. The van der Waals surface area contributed by atoms with E-state index in [0.717, 1.165) is 0 Å². The third kappa shape index (κ3) is 5.03. The smallest absolute Gasteiger partial charge is 0.343 e. The Bertz CT molecular complexity index is 577. The van der Waals surface area contributed by atoms with Crippen molar-refractivity contribution in [1.29, 1.82) is 0 Å². The first-order valence-corrected chi connectivity index (χ1v) is 9.47. The first-order valence-electron chi connectivity index (χ1n) is 9.47. The van der Waals surface area contributed by atoms with Crippen LogP contribution in [0.15, 0.2) is 0 Å². The van der Waals surface area contributed by atoms with Gasteiger partial charge in [0, 0.05) is 25.7 Å².